The second-order valence-corrected chi connectivity index (χ2v) is 5.48. The zero-order valence-electron chi connectivity index (χ0n) is 12.4. The zero-order valence-corrected chi connectivity index (χ0v) is 12.4. The van der Waals surface area contributed by atoms with Crippen LogP contribution >= 0.6 is 0 Å². The highest BCUT2D eigenvalue weighted by Crippen LogP contribution is 2.25. The van der Waals surface area contributed by atoms with Crippen LogP contribution in [0.3, 0.4) is 0 Å². The smallest absolute Gasteiger partial charge is 0.125 e. The molecule has 1 aliphatic rings. The maximum Gasteiger partial charge on any atom is 0.125 e. The van der Waals surface area contributed by atoms with Gasteiger partial charge < -0.3 is 15.2 Å². The van der Waals surface area contributed by atoms with E-state index in [9.17, 15) is 0 Å². The fraction of sp³-hybridized carbons (Fsp3) is 0.562. The lowest BCUT2D eigenvalue weighted by molar-refractivity contribution is 0.0980. The predicted molar refractivity (Wildman–Crippen MR) is 80.6 cm³/mol. The summed E-state index contributed by atoms with van der Waals surface area (Å²) in [7, 11) is 0. The summed E-state index contributed by atoms with van der Waals surface area (Å²) >= 11 is 0. The molecule has 1 saturated heterocycles. The van der Waals surface area contributed by atoms with E-state index in [1.807, 2.05) is 26.0 Å². The van der Waals surface area contributed by atoms with Crippen LogP contribution in [0.2, 0.25) is 0 Å². The minimum absolute atomic E-state index is 0.0983. The molecular weight excluding hydrogens is 252 g/mol. The van der Waals surface area contributed by atoms with Crippen LogP contribution in [-0.2, 0) is 4.74 Å². The molecule has 1 atom stereocenters. The van der Waals surface area contributed by atoms with Gasteiger partial charge in [-0.05, 0) is 62.8 Å². The van der Waals surface area contributed by atoms with Gasteiger partial charge in [0.25, 0.3) is 0 Å². The lowest BCUT2D eigenvalue weighted by Gasteiger charge is -2.14. The van der Waals surface area contributed by atoms with E-state index in [0.29, 0.717) is 12.7 Å². The van der Waals surface area contributed by atoms with E-state index in [1.165, 1.54) is 12.8 Å². The van der Waals surface area contributed by atoms with E-state index in [2.05, 4.69) is 0 Å². The third-order valence-electron chi connectivity index (χ3n) is 3.71. The maximum absolute atomic E-state index is 7.49. The Kier molecular flexibility index (Phi) is 5.01. The highest BCUT2D eigenvalue weighted by atomic mass is 16.5. The van der Waals surface area contributed by atoms with Crippen molar-refractivity contribution in [3.05, 3.63) is 28.8 Å². The SMILES string of the molecule is Cc1cc(C(=N)N)cc(C)c1OCCCC1CCCO1. The fourth-order valence-electron chi connectivity index (χ4n) is 2.69. The minimum Gasteiger partial charge on any atom is -0.493 e. The van der Waals surface area contributed by atoms with E-state index in [1.54, 1.807) is 0 Å². The first kappa shape index (κ1) is 14.9. The van der Waals surface area contributed by atoms with E-state index in [-0.39, 0.29) is 5.84 Å². The fourth-order valence-corrected chi connectivity index (χ4v) is 2.69. The van der Waals surface area contributed by atoms with Crippen LogP contribution in [0.25, 0.3) is 0 Å². The third kappa shape index (κ3) is 3.73. The third-order valence-corrected chi connectivity index (χ3v) is 3.71. The molecule has 0 radical (unpaired) electrons. The number of rotatable bonds is 6. The van der Waals surface area contributed by atoms with Crippen molar-refractivity contribution in [2.45, 2.75) is 45.6 Å². The van der Waals surface area contributed by atoms with Crippen LogP contribution in [0.1, 0.15) is 42.4 Å². The molecule has 0 bridgehead atoms. The summed E-state index contributed by atoms with van der Waals surface area (Å²) in [6, 6.07) is 3.81. The Morgan fingerprint density at radius 2 is 2.10 bits per heavy atom. The number of amidine groups is 1. The molecule has 0 spiro atoms. The topological polar surface area (TPSA) is 68.3 Å². The Balaban J connectivity index is 1.87. The van der Waals surface area contributed by atoms with Crippen LogP contribution in [0.5, 0.6) is 5.75 Å². The van der Waals surface area contributed by atoms with E-state index in [4.69, 9.17) is 20.6 Å². The molecule has 1 unspecified atom stereocenters. The van der Waals surface area contributed by atoms with Gasteiger partial charge in [-0.15, -0.1) is 0 Å². The van der Waals surface area contributed by atoms with Crippen LogP contribution < -0.4 is 10.5 Å². The Bertz CT molecular complexity index is 456. The normalized spacial score (nSPS) is 18.2. The van der Waals surface area contributed by atoms with Crippen LogP contribution in [-0.4, -0.2) is 25.2 Å². The van der Waals surface area contributed by atoms with Gasteiger partial charge in [0.15, 0.2) is 0 Å². The van der Waals surface area contributed by atoms with Crippen molar-refractivity contribution < 1.29 is 9.47 Å². The van der Waals surface area contributed by atoms with Crippen molar-refractivity contribution in [1.82, 2.24) is 0 Å². The van der Waals surface area contributed by atoms with Gasteiger partial charge in [-0.1, -0.05) is 0 Å². The molecule has 0 saturated carbocycles. The van der Waals surface area contributed by atoms with Gasteiger partial charge in [0.05, 0.1) is 12.7 Å². The molecule has 20 heavy (non-hydrogen) atoms. The molecule has 2 rings (SSSR count). The summed E-state index contributed by atoms with van der Waals surface area (Å²) in [5.74, 6) is 1.02. The van der Waals surface area contributed by atoms with Crippen molar-refractivity contribution in [3.8, 4) is 5.75 Å². The molecule has 0 aromatic heterocycles. The molecule has 0 aliphatic carbocycles. The van der Waals surface area contributed by atoms with Crippen LogP contribution in [0, 0.1) is 19.3 Å². The molecule has 3 N–H and O–H groups in total. The molecule has 110 valence electrons. The molecule has 0 amide bonds. The highest BCUT2D eigenvalue weighted by molar-refractivity contribution is 5.95. The Morgan fingerprint density at radius 1 is 1.40 bits per heavy atom. The number of hydrogen-bond acceptors (Lipinski definition) is 3. The van der Waals surface area contributed by atoms with E-state index >= 15 is 0 Å². The standard InChI is InChI=1S/C16H24N2O2/c1-11-9-13(16(17)18)10-12(2)15(11)20-8-4-6-14-5-3-7-19-14/h9-10,14H,3-8H2,1-2H3,(H3,17,18). The average Bonchev–Trinajstić information content (AvgIpc) is 2.89. The minimum atomic E-state index is 0.0983. The van der Waals surface area contributed by atoms with Crippen molar-refractivity contribution in [3.63, 3.8) is 0 Å². The zero-order chi connectivity index (χ0) is 14.5. The first-order valence-electron chi connectivity index (χ1n) is 7.28. The Morgan fingerprint density at radius 3 is 2.65 bits per heavy atom. The molecular formula is C16H24N2O2. The largest absolute Gasteiger partial charge is 0.493 e. The van der Waals surface area contributed by atoms with Gasteiger partial charge in [-0.3, -0.25) is 5.41 Å². The number of hydrogen-bond donors (Lipinski definition) is 2. The first-order valence-corrected chi connectivity index (χ1v) is 7.28. The van der Waals surface area contributed by atoms with Gasteiger partial charge in [0.2, 0.25) is 0 Å². The average molecular weight is 276 g/mol. The Hall–Kier alpha value is -1.55. The summed E-state index contributed by atoms with van der Waals surface area (Å²) in [6.45, 7) is 5.61. The second kappa shape index (κ2) is 6.75. The Labute approximate surface area is 120 Å². The molecule has 1 aromatic carbocycles. The van der Waals surface area contributed by atoms with E-state index in [0.717, 1.165) is 41.9 Å². The number of aryl methyl sites for hydroxylation is 2. The number of nitrogens with one attached hydrogen (secondary N) is 1. The van der Waals surface area contributed by atoms with Crippen molar-refractivity contribution in [2.24, 2.45) is 5.73 Å². The molecule has 1 aliphatic heterocycles. The lowest BCUT2D eigenvalue weighted by atomic mass is 10.1. The molecule has 1 aromatic rings. The first-order chi connectivity index (χ1) is 9.58. The van der Waals surface area contributed by atoms with Crippen LogP contribution in [0.4, 0.5) is 0 Å². The van der Waals surface area contributed by atoms with Gasteiger partial charge in [0, 0.05) is 12.2 Å². The van der Waals surface area contributed by atoms with Crippen molar-refractivity contribution in [1.29, 1.82) is 5.41 Å². The van der Waals surface area contributed by atoms with E-state index < -0.39 is 0 Å². The predicted octanol–water partition coefficient (Wildman–Crippen LogP) is 2.93. The quantitative estimate of drug-likeness (QED) is 0.477. The van der Waals surface area contributed by atoms with Gasteiger partial charge >= 0.3 is 0 Å². The highest BCUT2D eigenvalue weighted by Gasteiger charge is 2.15. The van der Waals surface area contributed by atoms with Gasteiger partial charge in [0.1, 0.15) is 11.6 Å². The van der Waals surface area contributed by atoms with Crippen molar-refractivity contribution >= 4 is 5.84 Å². The molecule has 4 nitrogen and oxygen atoms in total. The number of ether oxygens (including phenoxy) is 2. The summed E-state index contributed by atoms with van der Waals surface area (Å²) in [5.41, 5.74) is 8.35. The summed E-state index contributed by atoms with van der Waals surface area (Å²) in [4.78, 5) is 0. The summed E-state index contributed by atoms with van der Waals surface area (Å²) < 4.78 is 11.5. The number of nitrogen functional groups attached to an aromatic ring is 1. The van der Waals surface area contributed by atoms with Crippen LogP contribution in [0.15, 0.2) is 12.1 Å². The number of nitrogens with two attached hydrogens (primary N) is 1. The summed E-state index contributed by atoms with van der Waals surface area (Å²) in [5, 5.41) is 7.49. The monoisotopic (exact) mass is 276 g/mol. The molecule has 1 heterocycles. The molecule has 1 fully saturated rings. The van der Waals surface area contributed by atoms with Crippen molar-refractivity contribution in [2.75, 3.05) is 13.2 Å². The van der Waals surface area contributed by atoms with Gasteiger partial charge in [-0.25, -0.2) is 0 Å². The maximum atomic E-state index is 7.49. The lowest BCUT2D eigenvalue weighted by Crippen LogP contribution is -2.12. The second-order valence-electron chi connectivity index (χ2n) is 5.48. The molecule has 4 heteroatoms. The van der Waals surface area contributed by atoms with Gasteiger partial charge in [-0.2, -0.15) is 0 Å². The number of benzene rings is 1. The summed E-state index contributed by atoms with van der Waals surface area (Å²) in [6.07, 6.45) is 4.89.